The second-order valence-electron chi connectivity index (χ2n) is 3.98. The molecule has 4 nitrogen and oxygen atoms in total. The Hall–Kier alpha value is -2.75. The molecule has 0 aliphatic heterocycles. The van der Waals surface area contributed by atoms with Gasteiger partial charge in [-0.25, -0.2) is 14.8 Å². The van der Waals surface area contributed by atoms with Crippen molar-refractivity contribution < 1.29 is 9.53 Å². The molecule has 0 spiro atoms. The molecule has 0 atom stereocenters. The SMILES string of the molecule is O=C(Oc1ccccc1)c1cnc2ncccc2c1. The molecule has 0 saturated heterocycles. The van der Waals surface area contributed by atoms with E-state index in [1.54, 1.807) is 30.5 Å². The van der Waals surface area contributed by atoms with E-state index in [4.69, 9.17) is 4.74 Å². The van der Waals surface area contributed by atoms with Gasteiger partial charge in [0.2, 0.25) is 0 Å². The number of fused-ring (bicyclic) bond motifs is 1. The molecule has 3 rings (SSSR count). The monoisotopic (exact) mass is 250 g/mol. The summed E-state index contributed by atoms with van der Waals surface area (Å²) in [7, 11) is 0. The van der Waals surface area contributed by atoms with Gasteiger partial charge in [0, 0.05) is 17.8 Å². The Labute approximate surface area is 109 Å². The molecule has 2 aromatic heterocycles. The molecule has 19 heavy (non-hydrogen) atoms. The summed E-state index contributed by atoms with van der Waals surface area (Å²) in [5.41, 5.74) is 1.02. The van der Waals surface area contributed by atoms with Crippen molar-refractivity contribution in [3.63, 3.8) is 0 Å². The maximum absolute atomic E-state index is 12.0. The van der Waals surface area contributed by atoms with E-state index < -0.39 is 5.97 Å². The number of carbonyl (C=O) groups excluding carboxylic acids is 1. The minimum atomic E-state index is -0.426. The van der Waals surface area contributed by atoms with E-state index in [2.05, 4.69) is 9.97 Å². The zero-order valence-electron chi connectivity index (χ0n) is 9.98. The Morgan fingerprint density at radius 2 is 1.84 bits per heavy atom. The number of rotatable bonds is 2. The second kappa shape index (κ2) is 4.86. The van der Waals surface area contributed by atoms with Gasteiger partial charge in [-0.2, -0.15) is 0 Å². The number of ether oxygens (including phenoxy) is 1. The average Bonchev–Trinajstić information content (AvgIpc) is 2.48. The van der Waals surface area contributed by atoms with Crippen LogP contribution in [0.15, 0.2) is 60.9 Å². The Balaban J connectivity index is 1.89. The fourth-order valence-corrected chi connectivity index (χ4v) is 1.73. The molecular weight excluding hydrogens is 240 g/mol. The first-order valence-electron chi connectivity index (χ1n) is 5.81. The smallest absolute Gasteiger partial charge is 0.345 e. The molecule has 0 amide bonds. The van der Waals surface area contributed by atoms with Crippen LogP contribution in [0.4, 0.5) is 0 Å². The number of hydrogen-bond acceptors (Lipinski definition) is 4. The molecule has 4 heteroatoms. The lowest BCUT2D eigenvalue weighted by atomic mass is 10.2. The van der Waals surface area contributed by atoms with Crippen LogP contribution < -0.4 is 4.74 Å². The van der Waals surface area contributed by atoms with Gasteiger partial charge in [-0.15, -0.1) is 0 Å². The molecular formula is C15H10N2O2. The van der Waals surface area contributed by atoms with Crippen molar-refractivity contribution in [3.05, 3.63) is 66.5 Å². The first kappa shape index (κ1) is 11.3. The van der Waals surface area contributed by atoms with Crippen LogP contribution >= 0.6 is 0 Å². The van der Waals surface area contributed by atoms with Crippen molar-refractivity contribution in [1.29, 1.82) is 0 Å². The number of carbonyl (C=O) groups is 1. The molecule has 0 bridgehead atoms. The summed E-state index contributed by atoms with van der Waals surface area (Å²) in [4.78, 5) is 20.2. The zero-order valence-corrected chi connectivity index (χ0v) is 9.98. The Bertz CT molecular complexity index is 726. The predicted octanol–water partition coefficient (Wildman–Crippen LogP) is 2.85. The minimum absolute atomic E-state index is 0.407. The predicted molar refractivity (Wildman–Crippen MR) is 70.9 cm³/mol. The zero-order chi connectivity index (χ0) is 13.1. The largest absolute Gasteiger partial charge is 0.423 e. The van der Waals surface area contributed by atoms with E-state index in [9.17, 15) is 4.79 Å². The maximum Gasteiger partial charge on any atom is 0.345 e. The van der Waals surface area contributed by atoms with Crippen molar-refractivity contribution in [2.24, 2.45) is 0 Å². The van der Waals surface area contributed by atoms with Gasteiger partial charge in [-0.1, -0.05) is 18.2 Å². The molecule has 2 heterocycles. The summed E-state index contributed by atoms with van der Waals surface area (Å²) in [5.74, 6) is 0.0863. The average molecular weight is 250 g/mol. The van der Waals surface area contributed by atoms with Crippen molar-refractivity contribution >= 4 is 17.0 Å². The second-order valence-corrected chi connectivity index (χ2v) is 3.98. The normalized spacial score (nSPS) is 10.3. The van der Waals surface area contributed by atoms with E-state index in [1.165, 1.54) is 6.20 Å². The molecule has 0 fully saturated rings. The van der Waals surface area contributed by atoms with Gasteiger partial charge in [0.05, 0.1) is 5.56 Å². The molecule has 0 aliphatic rings. The number of aromatic nitrogens is 2. The molecule has 3 aromatic rings. The summed E-state index contributed by atoms with van der Waals surface area (Å²) in [6, 6.07) is 14.3. The highest BCUT2D eigenvalue weighted by atomic mass is 16.5. The Kier molecular flexibility index (Phi) is 2.90. The van der Waals surface area contributed by atoms with E-state index >= 15 is 0 Å². The van der Waals surface area contributed by atoms with Crippen LogP contribution in [0.2, 0.25) is 0 Å². The number of pyridine rings is 2. The van der Waals surface area contributed by atoms with Crippen molar-refractivity contribution in [2.75, 3.05) is 0 Å². The van der Waals surface area contributed by atoms with Gasteiger partial charge in [0.15, 0.2) is 5.65 Å². The maximum atomic E-state index is 12.0. The van der Waals surface area contributed by atoms with Crippen LogP contribution in [0.3, 0.4) is 0 Å². The van der Waals surface area contributed by atoms with Crippen molar-refractivity contribution in [2.45, 2.75) is 0 Å². The third kappa shape index (κ3) is 2.42. The fourth-order valence-electron chi connectivity index (χ4n) is 1.73. The van der Waals surface area contributed by atoms with Crippen LogP contribution in [-0.2, 0) is 0 Å². The summed E-state index contributed by atoms with van der Waals surface area (Å²) in [6.07, 6.45) is 3.14. The lowest BCUT2D eigenvalue weighted by Crippen LogP contribution is -2.08. The lowest BCUT2D eigenvalue weighted by molar-refractivity contribution is 0.0734. The van der Waals surface area contributed by atoms with Crippen LogP contribution in [-0.4, -0.2) is 15.9 Å². The summed E-state index contributed by atoms with van der Waals surface area (Å²) in [5, 5.41) is 0.810. The van der Waals surface area contributed by atoms with E-state index in [0.717, 1.165) is 5.39 Å². The highest BCUT2D eigenvalue weighted by Crippen LogP contribution is 2.14. The van der Waals surface area contributed by atoms with Crippen molar-refractivity contribution in [3.8, 4) is 5.75 Å². The van der Waals surface area contributed by atoms with E-state index in [-0.39, 0.29) is 0 Å². The number of nitrogens with zero attached hydrogens (tertiary/aromatic N) is 2. The molecule has 0 saturated carbocycles. The van der Waals surface area contributed by atoms with Crippen LogP contribution in [0.25, 0.3) is 11.0 Å². The summed E-state index contributed by atoms with van der Waals surface area (Å²) in [6.45, 7) is 0. The number of hydrogen-bond donors (Lipinski definition) is 0. The molecule has 0 N–H and O–H groups in total. The summed E-state index contributed by atoms with van der Waals surface area (Å²) >= 11 is 0. The van der Waals surface area contributed by atoms with Gasteiger partial charge >= 0.3 is 5.97 Å². The van der Waals surface area contributed by atoms with Gasteiger partial charge in [0.25, 0.3) is 0 Å². The molecule has 0 aliphatic carbocycles. The molecule has 1 aromatic carbocycles. The highest BCUT2D eigenvalue weighted by Gasteiger charge is 2.10. The lowest BCUT2D eigenvalue weighted by Gasteiger charge is -2.04. The number of benzene rings is 1. The number of esters is 1. The first-order chi connectivity index (χ1) is 9.33. The van der Waals surface area contributed by atoms with Gasteiger partial charge < -0.3 is 4.74 Å². The fraction of sp³-hybridized carbons (Fsp3) is 0. The quantitative estimate of drug-likeness (QED) is 0.518. The van der Waals surface area contributed by atoms with Crippen LogP contribution in [0.1, 0.15) is 10.4 Å². The van der Waals surface area contributed by atoms with E-state index in [1.807, 2.05) is 24.3 Å². The van der Waals surface area contributed by atoms with Gasteiger partial charge in [-0.05, 0) is 30.3 Å². The van der Waals surface area contributed by atoms with E-state index in [0.29, 0.717) is 17.0 Å². The highest BCUT2D eigenvalue weighted by molar-refractivity contribution is 5.94. The topological polar surface area (TPSA) is 52.1 Å². The standard InChI is InChI=1S/C15H10N2O2/c18-15(19-13-6-2-1-3-7-13)12-9-11-5-4-8-16-14(11)17-10-12/h1-10H. The van der Waals surface area contributed by atoms with Gasteiger partial charge in [-0.3, -0.25) is 0 Å². The number of para-hydroxylation sites is 1. The molecule has 0 radical (unpaired) electrons. The molecule has 92 valence electrons. The Morgan fingerprint density at radius 1 is 1.00 bits per heavy atom. The van der Waals surface area contributed by atoms with Crippen LogP contribution in [0.5, 0.6) is 5.75 Å². The summed E-state index contributed by atoms with van der Waals surface area (Å²) < 4.78 is 5.25. The van der Waals surface area contributed by atoms with Crippen molar-refractivity contribution in [1.82, 2.24) is 9.97 Å². The van der Waals surface area contributed by atoms with Crippen LogP contribution in [0, 0.1) is 0 Å². The molecule has 0 unspecified atom stereocenters. The minimum Gasteiger partial charge on any atom is -0.423 e. The third-order valence-corrected chi connectivity index (χ3v) is 2.64. The first-order valence-corrected chi connectivity index (χ1v) is 5.81. The van der Waals surface area contributed by atoms with Gasteiger partial charge in [0.1, 0.15) is 5.75 Å². The third-order valence-electron chi connectivity index (χ3n) is 2.64. The Morgan fingerprint density at radius 3 is 2.68 bits per heavy atom.